The van der Waals surface area contributed by atoms with Crippen molar-refractivity contribution in [1.82, 2.24) is 15.4 Å². The van der Waals surface area contributed by atoms with Gasteiger partial charge in [0.2, 0.25) is 5.91 Å². The van der Waals surface area contributed by atoms with Gasteiger partial charge in [0.25, 0.3) is 0 Å². The van der Waals surface area contributed by atoms with Crippen LogP contribution in [0.25, 0.3) is 11.0 Å². The Labute approximate surface area is 123 Å². The average Bonchev–Trinajstić information content (AvgIpc) is 3.03. The second-order valence-electron chi connectivity index (χ2n) is 6.07. The van der Waals surface area contributed by atoms with E-state index in [9.17, 15) is 4.79 Å². The number of hydrogen-bond acceptors (Lipinski definition) is 4. The van der Waals surface area contributed by atoms with Crippen LogP contribution < -0.4 is 5.32 Å². The summed E-state index contributed by atoms with van der Waals surface area (Å²) in [6.45, 7) is 1.67. The number of nitrogens with zero attached hydrogens (tertiary/aromatic N) is 2. The summed E-state index contributed by atoms with van der Waals surface area (Å²) in [7, 11) is 0. The van der Waals surface area contributed by atoms with E-state index >= 15 is 0 Å². The van der Waals surface area contributed by atoms with Crippen LogP contribution in [0.4, 0.5) is 0 Å². The van der Waals surface area contributed by atoms with Crippen LogP contribution in [-0.2, 0) is 11.2 Å². The zero-order valence-electron chi connectivity index (χ0n) is 11.9. The van der Waals surface area contributed by atoms with Crippen LogP contribution in [0.2, 0.25) is 0 Å². The molecule has 2 atom stereocenters. The molecule has 2 unspecified atom stereocenters. The van der Waals surface area contributed by atoms with E-state index in [-0.39, 0.29) is 5.91 Å². The highest BCUT2D eigenvalue weighted by Crippen LogP contribution is 2.22. The Hall–Kier alpha value is -1.88. The first kappa shape index (κ1) is 12.8. The Kier molecular flexibility index (Phi) is 3.15. The zero-order valence-corrected chi connectivity index (χ0v) is 11.9. The molecule has 0 radical (unpaired) electrons. The van der Waals surface area contributed by atoms with Crippen LogP contribution in [0, 0.1) is 0 Å². The Morgan fingerprint density at radius 2 is 2.14 bits per heavy atom. The van der Waals surface area contributed by atoms with E-state index in [1.807, 2.05) is 29.2 Å². The number of aromatic nitrogens is 1. The Morgan fingerprint density at radius 3 is 3.10 bits per heavy atom. The number of hydrogen-bond donors (Lipinski definition) is 1. The van der Waals surface area contributed by atoms with E-state index in [4.69, 9.17) is 4.52 Å². The van der Waals surface area contributed by atoms with Gasteiger partial charge in [-0.25, -0.2) is 0 Å². The van der Waals surface area contributed by atoms with Crippen LogP contribution >= 0.6 is 0 Å². The molecule has 2 saturated heterocycles. The van der Waals surface area contributed by atoms with Crippen molar-refractivity contribution >= 4 is 16.9 Å². The number of carbonyl (C=O) groups is 1. The van der Waals surface area contributed by atoms with Crippen LogP contribution in [0.1, 0.15) is 25.0 Å². The van der Waals surface area contributed by atoms with E-state index in [0.29, 0.717) is 18.5 Å². The fraction of sp³-hybridized carbons (Fsp3) is 0.500. The van der Waals surface area contributed by atoms with Gasteiger partial charge in [0.1, 0.15) is 5.69 Å². The van der Waals surface area contributed by atoms with Crippen molar-refractivity contribution in [3.63, 3.8) is 0 Å². The van der Waals surface area contributed by atoms with E-state index in [2.05, 4.69) is 10.5 Å². The maximum absolute atomic E-state index is 12.6. The van der Waals surface area contributed by atoms with Crippen molar-refractivity contribution in [3.8, 4) is 0 Å². The highest BCUT2D eigenvalue weighted by Gasteiger charge is 2.31. The van der Waals surface area contributed by atoms with Gasteiger partial charge in [0.05, 0.1) is 6.42 Å². The second kappa shape index (κ2) is 5.15. The van der Waals surface area contributed by atoms with Crippen molar-refractivity contribution in [3.05, 3.63) is 30.0 Å². The lowest BCUT2D eigenvalue weighted by Gasteiger charge is -2.24. The number of amides is 1. The van der Waals surface area contributed by atoms with Gasteiger partial charge in [-0.15, -0.1) is 0 Å². The van der Waals surface area contributed by atoms with E-state index in [1.165, 1.54) is 12.8 Å². The summed E-state index contributed by atoms with van der Waals surface area (Å²) in [5.41, 5.74) is 1.50. The first-order chi connectivity index (χ1) is 10.3. The second-order valence-corrected chi connectivity index (χ2v) is 6.07. The predicted octanol–water partition coefficient (Wildman–Crippen LogP) is 1.72. The molecule has 2 bridgehead atoms. The maximum atomic E-state index is 12.6. The molecule has 0 spiro atoms. The number of carbonyl (C=O) groups excluding carboxylic acids is 1. The highest BCUT2D eigenvalue weighted by molar-refractivity contribution is 5.86. The molecule has 2 aromatic rings. The molecule has 1 amide bonds. The van der Waals surface area contributed by atoms with Gasteiger partial charge >= 0.3 is 0 Å². The summed E-state index contributed by atoms with van der Waals surface area (Å²) >= 11 is 0. The Bertz CT molecular complexity index is 666. The lowest BCUT2D eigenvalue weighted by Crippen LogP contribution is -2.39. The molecular weight excluding hydrogens is 266 g/mol. The molecule has 1 aromatic heterocycles. The van der Waals surface area contributed by atoms with Crippen molar-refractivity contribution in [2.45, 2.75) is 37.8 Å². The molecule has 0 saturated carbocycles. The quantitative estimate of drug-likeness (QED) is 0.913. The normalized spacial score (nSPS) is 25.2. The minimum Gasteiger partial charge on any atom is -0.356 e. The fourth-order valence-electron chi connectivity index (χ4n) is 3.49. The predicted molar refractivity (Wildman–Crippen MR) is 78.9 cm³/mol. The van der Waals surface area contributed by atoms with Gasteiger partial charge < -0.3 is 14.7 Å². The van der Waals surface area contributed by atoms with E-state index in [1.54, 1.807) is 0 Å². The monoisotopic (exact) mass is 285 g/mol. The summed E-state index contributed by atoms with van der Waals surface area (Å²) in [4.78, 5) is 14.5. The van der Waals surface area contributed by atoms with Crippen LogP contribution in [0.5, 0.6) is 0 Å². The summed E-state index contributed by atoms with van der Waals surface area (Å²) in [6, 6.07) is 8.76. The van der Waals surface area contributed by atoms with Crippen molar-refractivity contribution in [2.75, 3.05) is 13.1 Å². The first-order valence-corrected chi connectivity index (χ1v) is 7.67. The summed E-state index contributed by atoms with van der Waals surface area (Å²) in [6.07, 6.45) is 3.82. The number of para-hydroxylation sites is 1. The van der Waals surface area contributed by atoms with Crippen molar-refractivity contribution in [1.29, 1.82) is 0 Å². The van der Waals surface area contributed by atoms with Gasteiger partial charge in [0, 0.05) is 30.6 Å². The third kappa shape index (κ3) is 2.42. The van der Waals surface area contributed by atoms with Gasteiger partial charge in [-0.1, -0.05) is 17.3 Å². The minimum atomic E-state index is 0.156. The summed E-state index contributed by atoms with van der Waals surface area (Å²) < 4.78 is 5.28. The van der Waals surface area contributed by atoms with Gasteiger partial charge in [-0.05, 0) is 31.4 Å². The molecule has 0 aliphatic carbocycles. The number of fused-ring (bicyclic) bond motifs is 3. The van der Waals surface area contributed by atoms with E-state index < -0.39 is 0 Å². The molecule has 2 fully saturated rings. The SMILES string of the molecule is O=C(Cc1noc2ccccc12)N1CCC2CCC(C1)N2. The number of benzene rings is 1. The summed E-state index contributed by atoms with van der Waals surface area (Å²) in [5, 5.41) is 8.61. The van der Waals surface area contributed by atoms with Crippen molar-refractivity contribution < 1.29 is 9.32 Å². The smallest absolute Gasteiger partial charge is 0.228 e. The largest absolute Gasteiger partial charge is 0.356 e. The number of rotatable bonds is 2. The zero-order chi connectivity index (χ0) is 14.2. The highest BCUT2D eigenvalue weighted by atomic mass is 16.5. The number of likely N-dealkylation sites (tertiary alicyclic amines) is 1. The summed E-state index contributed by atoms with van der Waals surface area (Å²) in [5.74, 6) is 0.156. The molecule has 3 heterocycles. The maximum Gasteiger partial charge on any atom is 0.228 e. The molecule has 2 aliphatic rings. The third-order valence-corrected chi connectivity index (χ3v) is 4.65. The van der Waals surface area contributed by atoms with Gasteiger partial charge in [-0.3, -0.25) is 4.79 Å². The Morgan fingerprint density at radius 1 is 1.29 bits per heavy atom. The molecule has 21 heavy (non-hydrogen) atoms. The third-order valence-electron chi connectivity index (χ3n) is 4.65. The lowest BCUT2D eigenvalue weighted by atomic mass is 10.1. The van der Waals surface area contributed by atoms with Crippen molar-refractivity contribution in [2.24, 2.45) is 0 Å². The van der Waals surface area contributed by atoms with Gasteiger partial charge in [0.15, 0.2) is 5.58 Å². The lowest BCUT2D eigenvalue weighted by molar-refractivity contribution is -0.130. The van der Waals surface area contributed by atoms with Crippen LogP contribution in [0.3, 0.4) is 0 Å². The molecule has 5 heteroatoms. The Balaban J connectivity index is 1.50. The number of nitrogens with one attached hydrogen (secondary N) is 1. The molecule has 1 N–H and O–H groups in total. The average molecular weight is 285 g/mol. The molecule has 5 nitrogen and oxygen atoms in total. The van der Waals surface area contributed by atoms with E-state index in [0.717, 1.165) is 36.2 Å². The van der Waals surface area contributed by atoms with Crippen LogP contribution in [-0.4, -0.2) is 41.1 Å². The molecule has 110 valence electrons. The minimum absolute atomic E-state index is 0.156. The standard InChI is InChI=1S/C16H19N3O2/c20-16(19-8-7-11-5-6-12(10-19)17-11)9-14-13-3-1-2-4-15(13)21-18-14/h1-4,11-12,17H,5-10H2. The molecule has 1 aromatic carbocycles. The first-order valence-electron chi connectivity index (χ1n) is 7.67. The molecule has 2 aliphatic heterocycles. The molecular formula is C16H19N3O2. The van der Waals surface area contributed by atoms with Gasteiger partial charge in [-0.2, -0.15) is 0 Å². The topological polar surface area (TPSA) is 58.4 Å². The van der Waals surface area contributed by atoms with Crippen LogP contribution in [0.15, 0.2) is 28.8 Å². The molecule has 4 rings (SSSR count). The fourth-order valence-corrected chi connectivity index (χ4v) is 3.49.